The highest BCUT2D eigenvalue weighted by Gasteiger charge is 2.38. The number of sulfonamides is 1. The van der Waals surface area contributed by atoms with Gasteiger partial charge in [-0.2, -0.15) is 14.1 Å². The zero-order valence-electron chi connectivity index (χ0n) is 20.2. The van der Waals surface area contributed by atoms with Crippen LogP contribution in [-0.2, 0) is 21.3 Å². The summed E-state index contributed by atoms with van der Waals surface area (Å²) in [5.74, 6) is 0.173. The molecule has 0 spiro atoms. The monoisotopic (exact) mass is 543 g/mol. The third-order valence-electron chi connectivity index (χ3n) is 5.35. The van der Waals surface area contributed by atoms with Gasteiger partial charge in [0.1, 0.15) is 12.4 Å². The fourth-order valence-corrected chi connectivity index (χ4v) is 5.38. The molecule has 1 fully saturated rings. The van der Waals surface area contributed by atoms with Gasteiger partial charge < -0.3 is 10.1 Å². The van der Waals surface area contributed by atoms with E-state index in [1.54, 1.807) is 32.9 Å². The van der Waals surface area contributed by atoms with Crippen LogP contribution in [0.4, 0.5) is 10.6 Å². The van der Waals surface area contributed by atoms with Crippen LogP contribution in [0.2, 0.25) is 4.34 Å². The van der Waals surface area contributed by atoms with Crippen molar-refractivity contribution in [1.82, 2.24) is 19.0 Å². The number of piperazine rings is 1. The fourth-order valence-electron chi connectivity index (χ4n) is 3.53. The number of hydrogen-bond acceptors (Lipinski definition) is 8. The van der Waals surface area contributed by atoms with E-state index in [-0.39, 0.29) is 32.1 Å². The summed E-state index contributed by atoms with van der Waals surface area (Å²) in [5, 5.41) is 7.76. The fraction of sp³-hybridized carbons (Fsp3) is 0.500. The predicted molar refractivity (Wildman–Crippen MR) is 136 cm³/mol. The van der Waals surface area contributed by atoms with Gasteiger partial charge in [-0.1, -0.05) is 45.0 Å². The van der Waals surface area contributed by atoms with Crippen molar-refractivity contribution in [3.8, 4) is 0 Å². The van der Waals surface area contributed by atoms with Gasteiger partial charge in [-0.25, -0.2) is 13.2 Å². The highest BCUT2D eigenvalue weighted by molar-refractivity contribution is 7.88. The highest BCUT2D eigenvalue weighted by Crippen LogP contribution is 2.31. The quantitative estimate of drug-likeness (QED) is 0.528. The first kappa shape index (κ1) is 27.2. The molecular weight excluding hydrogens is 514 g/mol. The van der Waals surface area contributed by atoms with Gasteiger partial charge >= 0.3 is 6.09 Å². The highest BCUT2D eigenvalue weighted by atomic mass is 35.5. The minimum atomic E-state index is -3.51. The van der Waals surface area contributed by atoms with E-state index < -0.39 is 27.6 Å². The maximum Gasteiger partial charge on any atom is 0.410 e. The molecule has 3 rings (SSSR count). The zero-order chi connectivity index (χ0) is 26.0. The Kier molecular flexibility index (Phi) is 8.30. The lowest BCUT2D eigenvalue weighted by Gasteiger charge is -2.38. The summed E-state index contributed by atoms with van der Waals surface area (Å²) in [4.78, 5) is 28.3. The minimum absolute atomic E-state index is 0.0112. The van der Waals surface area contributed by atoms with Crippen LogP contribution < -0.4 is 5.32 Å². The van der Waals surface area contributed by atoms with Gasteiger partial charge in [0.2, 0.25) is 10.0 Å². The van der Waals surface area contributed by atoms with E-state index in [0.717, 1.165) is 11.1 Å². The molecule has 10 nitrogen and oxygen atoms in total. The molecule has 1 aliphatic rings. The molecule has 3 heterocycles. The Morgan fingerprint density at radius 3 is 2.63 bits per heavy atom. The molecule has 1 N–H and O–H groups in total. The van der Waals surface area contributed by atoms with E-state index in [1.807, 2.05) is 6.07 Å². The van der Waals surface area contributed by atoms with Crippen molar-refractivity contribution in [3.63, 3.8) is 0 Å². The van der Waals surface area contributed by atoms with Crippen molar-refractivity contribution < 1.29 is 22.7 Å². The van der Waals surface area contributed by atoms with Crippen molar-refractivity contribution in [2.45, 2.75) is 33.4 Å². The van der Waals surface area contributed by atoms with Gasteiger partial charge in [-0.3, -0.25) is 9.69 Å². The predicted octanol–water partition coefficient (Wildman–Crippen LogP) is 3.84. The lowest BCUT2D eigenvalue weighted by molar-refractivity contribution is 0.0685. The first-order chi connectivity index (χ1) is 16.3. The van der Waals surface area contributed by atoms with E-state index >= 15 is 0 Å². The molecule has 0 aliphatic carbocycles. The van der Waals surface area contributed by atoms with Crippen LogP contribution in [0.5, 0.6) is 0 Å². The van der Waals surface area contributed by atoms with Crippen molar-refractivity contribution in [2.75, 3.05) is 37.8 Å². The van der Waals surface area contributed by atoms with Gasteiger partial charge in [-0.05, 0) is 12.1 Å². The molecule has 0 aromatic carbocycles. The third kappa shape index (κ3) is 6.63. The number of aromatic nitrogens is 2. The number of anilines is 1. The average Bonchev–Trinajstić information content (AvgIpc) is 3.39. The van der Waals surface area contributed by atoms with Crippen molar-refractivity contribution in [1.29, 1.82) is 0 Å². The molecular formula is C22H30ClN5O5S2. The molecule has 2 aromatic rings. The second-order valence-corrected chi connectivity index (χ2v) is 13.0. The summed E-state index contributed by atoms with van der Waals surface area (Å²) in [7, 11) is -3.51. The van der Waals surface area contributed by atoms with Crippen LogP contribution in [-0.4, -0.2) is 71.9 Å². The second kappa shape index (κ2) is 10.7. The van der Waals surface area contributed by atoms with E-state index in [0.29, 0.717) is 22.4 Å². The average molecular weight is 544 g/mol. The van der Waals surface area contributed by atoms with Crippen molar-refractivity contribution in [2.24, 2.45) is 5.41 Å². The standard InChI is InChI=1S/C22H30ClN5O5S2/c1-6-11-33-21(30)27-10-9-26(35(5,31)32)14-17(27)16-12-19(24-13-15-7-8-18(23)34-15)28(25-16)20(29)22(2,3)4/h6-8,12,17,24H,1,9-11,13-14H2,2-5H3. The number of nitrogens with zero attached hydrogens (tertiary/aromatic N) is 4. The smallest absolute Gasteiger partial charge is 0.410 e. The normalized spacial score (nSPS) is 17.3. The van der Waals surface area contributed by atoms with Crippen molar-refractivity contribution >= 4 is 50.8 Å². The van der Waals surface area contributed by atoms with Crippen LogP contribution in [0.3, 0.4) is 0 Å². The number of nitrogens with one attached hydrogen (secondary N) is 1. The lowest BCUT2D eigenvalue weighted by Crippen LogP contribution is -2.52. The Balaban J connectivity index is 2.00. The largest absolute Gasteiger partial charge is 0.445 e. The number of amides is 1. The second-order valence-electron chi connectivity index (χ2n) is 9.18. The number of carbonyl (C=O) groups is 2. The van der Waals surface area contributed by atoms with Gasteiger partial charge in [-0.15, -0.1) is 11.3 Å². The number of thiophene rings is 1. The Morgan fingerprint density at radius 2 is 2.06 bits per heavy atom. The molecule has 0 bridgehead atoms. The molecule has 2 aromatic heterocycles. The van der Waals surface area contributed by atoms with Gasteiger partial charge in [0.25, 0.3) is 5.91 Å². The van der Waals surface area contributed by atoms with Crippen LogP contribution in [0, 0.1) is 5.41 Å². The number of carbonyl (C=O) groups excluding carboxylic acids is 2. The molecule has 1 saturated heterocycles. The zero-order valence-corrected chi connectivity index (χ0v) is 22.5. The molecule has 1 aliphatic heterocycles. The van der Waals surface area contributed by atoms with Crippen molar-refractivity contribution in [3.05, 3.63) is 45.8 Å². The summed E-state index contributed by atoms with van der Waals surface area (Å²) in [6.45, 7) is 9.56. The maximum absolute atomic E-state index is 13.2. The van der Waals surface area contributed by atoms with Crippen LogP contribution in [0.15, 0.2) is 30.9 Å². The Labute approximate surface area is 214 Å². The molecule has 35 heavy (non-hydrogen) atoms. The van der Waals surface area contributed by atoms with E-state index in [1.165, 1.54) is 31.3 Å². The lowest BCUT2D eigenvalue weighted by atomic mass is 9.96. The molecule has 1 amide bonds. The SMILES string of the molecule is C=CCOC(=O)N1CCN(S(C)(=O)=O)CC1c1cc(NCc2ccc(Cl)s2)n(C(=O)C(C)(C)C)n1. The molecule has 13 heteroatoms. The van der Waals surface area contributed by atoms with Crippen LogP contribution in [0.25, 0.3) is 0 Å². The molecule has 0 radical (unpaired) electrons. The number of hydrogen-bond donors (Lipinski definition) is 1. The first-order valence-corrected chi connectivity index (χ1v) is 14.0. The topological polar surface area (TPSA) is 114 Å². The number of halogens is 1. The summed E-state index contributed by atoms with van der Waals surface area (Å²) < 4.78 is 33.0. The maximum atomic E-state index is 13.2. The summed E-state index contributed by atoms with van der Waals surface area (Å²) in [6.07, 6.45) is 1.97. The van der Waals surface area contributed by atoms with Gasteiger partial charge in [0, 0.05) is 36.0 Å². The Hall–Kier alpha value is -2.41. The molecule has 1 atom stereocenters. The summed E-state index contributed by atoms with van der Waals surface area (Å²) in [6, 6.07) is 4.60. The Morgan fingerprint density at radius 1 is 1.34 bits per heavy atom. The minimum Gasteiger partial charge on any atom is -0.445 e. The number of ether oxygens (including phenoxy) is 1. The molecule has 192 valence electrons. The van der Waals surface area contributed by atoms with Crippen LogP contribution in [0.1, 0.15) is 42.2 Å². The van der Waals surface area contributed by atoms with Gasteiger partial charge in [0.15, 0.2) is 0 Å². The van der Waals surface area contributed by atoms with E-state index in [9.17, 15) is 18.0 Å². The summed E-state index contributed by atoms with van der Waals surface area (Å²) >= 11 is 7.45. The van der Waals surface area contributed by atoms with Gasteiger partial charge in [0.05, 0.1) is 28.9 Å². The first-order valence-electron chi connectivity index (χ1n) is 10.9. The molecule has 1 unspecified atom stereocenters. The Bertz CT molecular complexity index is 1200. The molecule has 0 saturated carbocycles. The summed E-state index contributed by atoms with van der Waals surface area (Å²) in [5.41, 5.74) is -0.363. The van der Waals surface area contributed by atoms with E-state index in [2.05, 4.69) is 17.0 Å². The van der Waals surface area contributed by atoms with E-state index in [4.69, 9.17) is 16.3 Å². The van der Waals surface area contributed by atoms with Crippen LogP contribution >= 0.6 is 22.9 Å². The number of rotatable bonds is 7. The third-order valence-corrected chi connectivity index (χ3v) is 7.85.